The summed E-state index contributed by atoms with van der Waals surface area (Å²) >= 11 is 0. The number of aromatic nitrogens is 2. The predicted molar refractivity (Wildman–Crippen MR) is 59.5 cm³/mol. The lowest BCUT2D eigenvalue weighted by molar-refractivity contribution is 0.374. The summed E-state index contributed by atoms with van der Waals surface area (Å²) in [4.78, 5) is 3.95. The van der Waals surface area contributed by atoms with Crippen LogP contribution in [0.3, 0.4) is 0 Å². The zero-order valence-electron chi connectivity index (χ0n) is 9.11. The third kappa shape index (κ3) is 6.01. The number of rotatable bonds is 9. The van der Waals surface area contributed by atoms with Gasteiger partial charge in [0.15, 0.2) is 6.33 Å². The summed E-state index contributed by atoms with van der Waals surface area (Å²) in [5.41, 5.74) is 0. The van der Waals surface area contributed by atoms with Gasteiger partial charge >= 0.3 is 0 Å². The van der Waals surface area contributed by atoms with Crippen LogP contribution in [0.4, 0.5) is 0 Å². The van der Waals surface area contributed by atoms with E-state index in [2.05, 4.69) is 22.0 Å². The van der Waals surface area contributed by atoms with E-state index in [1.165, 1.54) is 25.6 Å². The van der Waals surface area contributed by atoms with Crippen LogP contribution in [0.25, 0.3) is 0 Å². The molecular weight excluding hydrogens is 190 g/mol. The number of hydrogen-bond acceptors (Lipinski definition) is 4. The molecule has 15 heavy (non-hydrogen) atoms. The van der Waals surface area contributed by atoms with E-state index in [1.54, 1.807) is 0 Å². The summed E-state index contributed by atoms with van der Waals surface area (Å²) in [6, 6.07) is 0. The Balaban J connectivity index is 1.83. The molecule has 0 spiro atoms. The molecule has 0 amide bonds. The molecule has 0 atom stereocenters. The topological polar surface area (TPSA) is 51.0 Å². The highest BCUT2D eigenvalue weighted by Gasteiger charge is 1.97. The number of allylic oxidation sites excluding steroid dienone is 1. The Morgan fingerprint density at radius 3 is 3.00 bits per heavy atom. The lowest BCUT2D eigenvalue weighted by Crippen LogP contribution is -2.18. The molecule has 1 rings (SSSR count). The van der Waals surface area contributed by atoms with Gasteiger partial charge in [-0.2, -0.15) is 4.98 Å². The lowest BCUT2D eigenvalue weighted by atomic mass is 10.2. The van der Waals surface area contributed by atoms with Gasteiger partial charge in [0, 0.05) is 13.0 Å². The summed E-state index contributed by atoms with van der Waals surface area (Å²) in [6.45, 7) is 5.66. The van der Waals surface area contributed by atoms with Crippen LogP contribution in [0.1, 0.15) is 31.6 Å². The first-order chi connectivity index (χ1) is 7.43. The highest BCUT2D eigenvalue weighted by Crippen LogP contribution is 1.98. The fourth-order valence-corrected chi connectivity index (χ4v) is 1.34. The van der Waals surface area contributed by atoms with Gasteiger partial charge in [-0.05, 0) is 25.8 Å². The summed E-state index contributed by atoms with van der Waals surface area (Å²) in [7, 11) is 0. The normalized spacial score (nSPS) is 10.4. The minimum absolute atomic E-state index is 0.703. The maximum Gasteiger partial charge on any atom is 0.227 e. The average Bonchev–Trinajstić information content (AvgIpc) is 2.75. The summed E-state index contributed by atoms with van der Waals surface area (Å²) < 4.78 is 4.88. The van der Waals surface area contributed by atoms with Crippen LogP contribution in [0.15, 0.2) is 23.5 Å². The molecule has 1 aromatic rings. The second-order valence-corrected chi connectivity index (χ2v) is 3.47. The second kappa shape index (κ2) is 8.17. The van der Waals surface area contributed by atoms with Gasteiger partial charge in [0.25, 0.3) is 0 Å². The summed E-state index contributed by atoms with van der Waals surface area (Å²) in [5, 5.41) is 6.89. The van der Waals surface area contributed by atoms with Gasteiger partial charge in [-0.15, -0.1) is 6.58 Å². The molecule has 0 aromatic carbocycles. The molecule has 4 nitrogen and oxygen atoms in total. The molecule has 0 saturated carbocycles. The summed E-state index contributed by atoms with van der Waals surface area (Å²) in [5.74, 6) is 0.703. The molecule has 0 unspecified atom stereocenters. The third-order valence-electron chi connectivity index (χ3n) is 2.18. The van der Waals surface area contributed by atoms with Crippen LogP contribution in [-0.2, 0) is 6.42 Å². The highest BCUT2D eigenvalue weighted by molar-refractivity contribution is 4.74. The van der Waals surface area contributed by atoms with E-state index < -0.39 is 0 Å². The largest absolute Gasteiger partial charge is 0.340 e. The van der Waals surface area contributed by atoms with E-state index in [1.807, 2.05) is 6.08 Å². The van der Waals surface area contributed by atoms with E-state index in [9.17, 15) is 0 Å². The van der Waals surface area contributed by atoms with Crippen molar-refractivity contribution in [3.63, 3.8) is 0 Å². The predicted octanol–water partition coefficient (Wildman–Crippen LogP) is 1.95. The van der Waals surface area contributed by atoms with Crippen molar-refractivity contribution in [2.24, 2.45) is 0 Å². The van der Waals surface area contributed by atoms with Crippen LogP contribution in [0.2, 0.25) is 0 Å². The van der Waals surface area contributed by atoms with Gasteiger partial charge in [-0.3, -0.25) is 0 Å². The van der Waals surface area contributed by atoms with E-state index in [0.29, 0.717) is 5.89 Å². The minimum Gasteiger partial charge on any atom is -0.340 e. The van der Waals surface area contributed by atoms with E-state index in [-0.39, 0.29) is 0 Å². The third-order valence-corrected chi connectivity index (χ3v) is 2.18. The number of nitrogens with one attached hydrogen (secondary N) is 1. The molecule has 0 saturated heterocycles. The number of nitrogens with zero attached hydrogens (tertiary/aromatic N) is 2. The molecule has 0 aliphatic carbocycles. The molecule has 0 fully saturated rings. The Hall–Kier alpha value is -1.16. The van der Waals surface area contributed by atoms with E-state index in [4.69, 9.17) is 4.52 Å². The van der Waals surface area contributed by atoms with Crippen LogP contribution >= 0.6 is 0 Å². The van der Waals surface area contributed by atoms with Crippen molar-refractivity contribution in [1.82, 2.24) is 15.5 Å². The molecule has 84 valence electrons. The molecular formula is C11H19N3O. The molecule has 1 heterocycles. The van der Waals surface area contributed by atoms with Crippen molar-refractivity contribution >= 4 is 0 Å². The first-order valence-electron chi connectivity index (χ1n) is 5.50. The fraction of sp³-hybridized carbons (Fsp3) is 0.636. The van der Waals surface area contributed by atoms with Crippen molar-refractivity contribution in [3.8, 4) is 0 Å². The summed E-state index contributed by atoms with van der Waals surface area (Å²) in [6.07, 6.45) is 9.08. The first kappa shape index (κ1) is 11.9. The quantitative estimate of drug-likeness (QED) is 0.499. The van der Waals surface area contributed by atoms with Crippen molar-refractivity contribution < 1.29 is 4.52 Å². The van der Waals surface area contributed by atoms with Crippen LogP contribution in [-0.4, -0.2) is 23.2 Å². The molecule has 0 radical (unpaired) electrons. The zero-order valence-corrected chi connectivity index (χ0v) is 9.11. The Labute approximate surface area is 90.8 Å². The Morgan fingerprint density at radius 2 is 2.27 bits per heavy atom. The Kier molecular flexibility index (Phi) is 6.49. The van der Waals surface area contributed by atoms with Gasteiger partial charge < -0.3 is 9.84 Å². The molecule has 4 heteroatoms. The lowest BCUT2D eigenvalue weighted by Gasteiger charge is -2.01. The standard InChI is InChI=1S/C11H19N3O/c1-2-3-4-5-6-8-12-9-7-11-13-10-14-15-11/h2,10,12H,1,3-9H2. The first-order valence-corrected chi connectivity index (χ1v) is 5.50. The monoisotopic (exact) mass is 209 g/mol. The second-order valence-electron chi connectivity index (χ2n) is 3.47. The van der Waals surface area contributed by atoms with Gasteiger partial charge in [-0.1, -0.05) is 17.7 Å². The molecule has 0 aliphatic heterocycles. The SMILES string of the molecule is C=CCCCCCNCCc1ncno1. The molecule has 0 aliphatic rings. The van der Waals surface area contributed by atoms with E-state index in [0.717, 1.165) is 25.9 Å². The molecule has 0 bridgehead atoms. The van der Waals surface area contributed by atoms with Crippen molar-refractivity contribution in [3.05, 3.63) is 24.9 Å². The van der Waals surface area contributed by atoms with Crippen LogP contribution in [0, 0.1) is 0 Å². The average molecular weight is 209 g/mol. The van der Waals surface area contributed by atoms with Crippen LogP contribution in [0.5, 0.6) is 0 Å². The highest BCUT2D eigenvalue weighted by atomic mass is 16.5. The van der Waals surface area contributed by atoms with Crippen molar-refractivity contribution in [2.75, 3.05) is 13.1 Å². The van der Waals surface area contributed by atoms with Gasteiger partial charge in [0.1, 0.15) is 0 Å². The van der Waals surface area contributed by atoms with Gasteiger partial charge in [-0.25, -0.2) is 0 Å². The maximum atomic E-state index is 4.88. The molecule has 1 N–H and O–H groups in total. The van der Waals surface area contributed by atoms with Crippen molar-refractivity contribution in [2.45, 2.75) is 32.1 Å². The number of hydrogen-bond donors (Lipinski definition) is 1. The minimum atomic E-state index is 0.703. The van der Waals surface area contributed by atoms with Crippen molar-refractivity contribution in [1.29, 1.82) is 0 Å². The van der Waals surface area contributed by atoms with Gasteiger partial charge in [0.2, 0.25) is 5.89 Å². The Bertz CT molecular complexity index is 246. The smallest absolute Gasteiger partial charge is 0.227 e. The maximum absolute atomic E-state index is 4.88. The number of unbranched alkanes of at least 4 members (excludes halogenated alkanes) is 3. The van der Waals surface area contributed by atoms with Gasteiger partial charge in [0.05, 0.1) is 0 Å². The fourth-order valence-electron chi connectivity index (χ4n) is 1.34. The van der Waals surface area contributed by atoms with Crippen LogP contribution < -0.4 is 5.32 Å². The molecule has 1 aromatic heterocycles. The zero-order chi connectivity index (χ0) is 10.8. The van der Waals surface area contributed by atoms with E-state index >= 15 is 0 Å². The Morgan fingerprint density at radius 1 is 1.33 bits per heavy atom.